The first kappa shape index (κ1) is 19.2. The number of anilines is 2. The van der Waals surface area contributed by atoms with Crippen molar-refractivity contribution in [3.63, 3.8) is 0 Å². The van der Waals surface area contributed by atoms with Crippen molar-refractivity contribution in [1.82, 2.24) is 0 Å². The van der Waals surface area contributed by atoms with Gasteiger partial charge in [0, 0.05) is 17.4 Å². The molecule has 6 heteroatoms. The highest BCUT2D eigenvalue weighted by Crippen LogP contribution is 2.59. The van der Waals surface area contributed by atoms with E-state index in [2.05, 4.69) is 30.9 Å². The molecule has 6 nitrogen and oxygen atoms in total. The molecule has 156 valence electrons. The zero-order valence-corrected chi connectivity index (χ0v) is 17.5. The van der Waals surface area contributed by atoms with Crippen LogP contribution in [0.4, 0.5) is 17.1 Å². The van der Waals surface area contributed by atoms with Crippen LogP contribution in [0, 0.1) is 10.1 Å². The number of nitrogens with zero attached hydrogens (tertiary/aromatic N) is 2. The summed E-state index contributed by atoms with van der Waals surface area (Å²) in [6.45, 7) is 4.27. The van der Waals surface area contributed by atoms with Crippen LogP contribution in [0.15, 0.2) is 72.8 Å². The van der Waals surface area contributed by atoms with Crippen LogP contribution >= 0.6 is 0 Å². The fourth-order valence-electron chi connectivity index (χ4n) is 4.75. The summed E-state index contributed by atoms with van der Waals surface area (Å²) in [5, 5.41) is 11.6. The van der Waals surface area contributed by atoms with Crippen LogP contribution in [0.1, 0.15) is 25.0 Å². The lowest BCUT2D eigenvalue weighted by atomic mass is 9.76. The van der Waals surface area contributed by atoms with E-state index in [0.717, 1.165) is 16.9 Å². The average Bonchev–Trinajstić information content (AvgIpc) is 2.97. The molecule has 2 heterocycles. The normalized spacial score (nSPS) is 20.2. The largest absolute Gasteiger partial charge is 0.493 e. The molecule has 0 radical (unpaired) electrons. The number of hydrogen-bond acceptors (Lipinski definition) is 5. The maximum atomic E-state index is 11.6. The Kier molecular flexibility index (Phi) is 4.09. The van der Waals surface area contributed by atoms with Crippen LogP contribution < -0.4 is 14.4 Å². The summed E-state index contributed by atoms with van der Waals surface area (Å²) in [5.41, 5.74) is 2.14. The van der Waals surface area contributed by atoms with Crippen molar-refractivity contribution in [3.05, 3.63) is 94.0 Å². The Morgan fingerprint density at radius 3 is 2.42 bits per heavy atom. The first-order valence-electron chi connectivity index (χ1n) is 10.1. The van der Waals surface area contributed by atoms with E-state index in [1.165, 1.54) is 6.07 Å². The molecule has 1 spiro atoms. The van der Waals surface area contributed by atoms with Crippen LogP contribution in [0.5, 0.6) is 11.5 Å². The van der Waals surface area contributed by atoms with Gasteiger partial charge in [-0.05, 0) is 55.8 Å². The molecule has 2 aliphatic rings. The van der Waals surface area contributed by atoms with Gasteiger partial charge in [-0.3, -0.25) is 15.0 Å². The van der Waals surface area contributed by atoms with Gasteiger partial charge in [-0.15, -0.1) is 0 Å². The summed E-state index contributed by atoms with van der Waals surface area (Å²) in [6, 6.07) is 21.3. The van der Waals surface area contributed by atoms with Gasteiger partial charge in [0.1, 0.15) is 0 Å². The summed E-state index contributed by atoms with van der Waals surface area (Å²) in [6.07, 6.45) is 3.73. The van der Waals surface area contributed by atoms with E-state index in [1.54, 1.807) is 19.3 Å². The minimum Gasteiger partial charge on any atom is -0.493 e. The molecule has 5 rings (SSSR count). The quantitative estimate of drug-likeness (QED) is 0.398. The molecule has 0 N–H and O–H groups in total. The Morgan fingerprint density at radius 2 is 1.71 bits per heavy atom. The molecule has 0 saturated carbocycles. The van der Waals surface area contributed by atoms with E-state index in [0.29, 0.717) is 17.1 Å². The molecule has 0 saturated heterocycles. The van der Waals surface area contributed by atoms with E-state index in [-0.39, 0.29) is 5.69 Å². The number of rotatable bonds is 3. The molecule has 0 amide bonds. The van der Waals surface area contributed by atoms with Gasteiger partial charge in [-0.25, -0.2) is 0 Å². The van der Waals surface area contributed by atoms with Crippen LogP contribution in [-0.4, -0.2) is 17.8 Å². The maximum absolute atomic E-state index is 11.6. The molecule has 0 fully saturated rings. The molecule has 3 aromatic rings. The number of nitro benzene ring substituents is 1. The van der Waals surface area contributed by atoms with Crippen molar-refractivity contribution in [1.29, 1.82) is 0 Å². The summed E-state index contributed by atoms with van der Waals surface area (Å²) >= 11 is 0. The minimum atomic E-state index is -0.937. The van der Waals surface area contributed by atoms with Gasteiger partial charge in [0.05, 0.1) is 23.0 Å². The zero-order chi connectivity index (χ0) is 21.8. The van der Waals surface area contributed by atoms with Crippen LogP contribution in [0.3, 0.4) is 0 Å². The second-order valence-electron chi connectivity index (χ2n) is 8.23. The van der Waals surface area contributed by atoms with Gasteiger partial charge in [0.15, 0.2) is 11.5 Å². The monoisotopic (exact) mass is 414 g/mol. The first-order valence-corrected chi connectivity index (χ1v) is 10.1. The fourth-order valence-corrected chi connectivity index (χ4v) is 4.75. The molecule has 31 heavy (non-hydrogen) atoms. The fraction of sp³-hybridized carbons (Fsp3) is 0.200. The van der Waals surface area contributed by atoms with Gasteiger partial charge >= 0.3 is 0 Å². The molecular weight excluding hydrogens is 392 g/mol. The van der Waals surface area contributed by atoms with Crippen LogP contribution in [-0.2, 0) is 5.41 Å². The lowest BCUT2D eigenvalue weighted by Crippen LogP contribution is -2.57. The van der Waals surface area contributed by atoms with Gasteiger partial charge in [-0.2, -0.15) is 0 Å². The lowest BCUT2D eigenvalue weighted by molar-refractivity contribution is -0.385. The third-order valence-corrected chi connectivity index (χ3v) is 6.35. The van der Waals surface area contributed by atoms with Crippen LogP contribution in [0.25, 0.3) is 6.08 Å². The summed E-state index contributed by atoms with van der Waals surface area (Å²) in [4.78, 5) is 13.4. The average molecular weight is 414 g/mol. The van der Waals surface area contributed by atoms with E-state index in [1.807, 2.05) is 48.5 Å². The second-order valence-corrected chi connectivity index (χ2v) is 8.23. The predicted octanol–water partition coefficient (Wildman–Crippen LogP) is 5.83. The Bertz CT molecular complexity index is 1220. The minimum absolute atomic E-state index is 0.0125. The van der Waals surface area contributed by atoms with Gasteiger partial charge in [0.25, 0.3) is 5.69 Å². The van der Waals surface area contributed by atoms with Gasteiger partial charge < -0.3 is 9.47 Å². The SMILES string of the molecule is COc1ccc([N+](=O)[O-])c2c1OC1(C=C2)N(c2ccccc2)c2ccccc2C1(C)C. The van der Waals surface area contributed by atoms with E-state index >= 15 is 0 Å². The van der Waals surface area contributed by atoms with Gasteiger partial charge in [0.2, 0.25) is 5.72 Å². The topological polar surface area (TPSA) is 64.8 Å². The smallest absolute Gasteiger partial charge is 0.280 e. The summed E-state index contributed by atoms with van der Waals surface area (Å²) in [5.74, 6) is 0.838. The zero-order valence-electron chi connectivity index (χ0n) is 17.5. The Labute approximate surface area is 180 Å². The van der Waals surface area contributed by atoms with Gasteiger partial charge in [-0.1, -0.05) is 36.4 Å². The van der Waals surface area contributed by atoms with Crippen molar-refractivity contribution in [3.8, 4) is 11.5 Å². The predicted molar refractivity (Wildman–Crippen MR) is 120 cm³/mol. The van der Waals surface area contributed by atoms with Crippen LogP contribution in [0.2, 0.25) is 0 Å². The number of nitro groups is 1. The Morgan fingerprint density at radius 1 is 1.00 bits per heavy atom. The number of benzene rings is 3. The highest BCUT2D eigenvalue weighted by molar-refractivity contribution is 5.82. The van der Waals surface area contributed by atoms with Crippen molar-refractivity contribution in [2.24, 2.45) is 0 Å². The first-order chi connectivity index (χ1) is 14.9. The second kappa shape index (κ2) is 6.60. The van der Waals surface area contributed by atoms with Crippen molar-refractivity contribution >= 4 is 23.1 Å². The molecule has 1 unspecified atom stereocenters. The van der Waals surface area contributed by atoms with E-state index in [4.69, 9.17) is 9.47 Å². The number of methoxy groups -OCH3 is 1. The number of para-hydroxylation sites is 2. The Hall–Kier alpha value is -3.80. The van der Waals surface area contributed by atoms with Crippen molar-refractivity contribution in [2.75, 3.05) is 12.0 Å². The maximum Gasteiger partial charge on any atom is 0.280 e. The number of ether oxygens (including phenoxy) is 2. The number of hydrogen-bond donors (Lipinski definition) is 0. The summed E-state index contributed by atoms with van der Waals surface area (Å²) < 4.78 is 12.3. The molecule has 0 aromatic heterocycles. The highest BCUT2D eigenvalue weighted by atomic mass is 16.6. The Balaban J connectivity index is 1.79. The van der Waals surface area contributed by atoms with Crippen molar-refractivity contribution in [2.45, 2.75) is 25.0 Å². The standard InChI is InChI=1S/C25H22N2O4/c1-24(2)19-11-7-8-12-21(19)26(17-9-5-4-6-10-17)25(24)16-15-18-20(27(28)29)13-14-22(30-3)23(18)31-25/h4-16H,1-3H3. The summed E-state index contributed by atoms with van der Waals surface area (Å²) in [7, 11) is 1.54. The number of fused-ring (bicyclic) bond motifs is 2. The molecule has 0 bridgehead atoms. The highest BCUT2D eigenvalue weighted by Gasteiger charge is 2.60. The molecular formula is C25H22N2O4. The van der Waals surface area contributed by atoms with E-state index < -0.39 is 16.1 Å². The third-order valence-electron chi connectivity index (χ3n) is 6.35. The van der Waals surface area contributed by atoms with Crippen molar-refractivity contribution < 1.29 is 14.4 Å². The molecule has 0 aliphatic carbocycles. The lowest BCUT2D eigenvalue weighted by Gasteiger charge is -2.47. The van der Waals surface area contributed by atoms with E-state index in [9.17, 15) is 10.1 Å². The molecule has 1 atom stereocenters. The molecule has 3 aromatic carbocycles. The molecule has 2 aliphatic heterocycles. The third kappa shape index (κ3) is 2.51.